The van der Waals surface area contributed by atoms with Crippen molar-refractivity contribution in [2.75, 3.05) is 13.1 Å². The monoisotopic (exact) mass is 333 g/mol. The number of amides is 4. The Morgan fingerprint density at radius 2 is 2.08 bits per heavy atom. The van der Waals surface area contributed by atoms with Gasteiger partial charge in [0.05, 0.1) is 0 Å². The summed E-state index contributed by atoms with van der Waals surface area (Å²) in [7, 11) is 0. The molecule has 1 saturated heterocycles. The van der Waals surface area contributed by atoms with E-state index in [2.05, 4.69) is 10.6 Å². The Bertz CT molecular complexity index is 689. The average Bonchev–Trinajstić information content (AvgIpc) is 3.36. The summed E-state index contributed by atoms with van der Waals surface area (Å²) in [5, 5.41) is 5.31. The van der Waals surface area contributed by atoms with Crippen LogP contribution in [0.4, 0.5) is 9.18 Å². The SMILES string of the molecule is CC1(C2CC2)NC(=O)N(CC(=O)NCCc2ccccc2F)C1=O. The highest BCUT2D eigenvalue weighted by Crippen LogP contribution is 2.42. The maximum Gasteiger partial charge on any atom is 0.325 e. The molecule has 0 bridgehead atoms. The van der Waals surface area contributed by atoms with Crippen molar-refractivity contribution in [3.05, 3.63) is 35.6 Å². The van der Waals surface area contributed by atoms with E-state index in [0.717, 1.165) is 17.7 Å². The number of rotatable bonds is 6. The standard InChI is InChI=1S/C17H20FN3O3/c1-17(12-6-7-12)15(23)21(16(24)20-17)10-14(22)19-9-8-11-4-2-3-5-13(11)18/h2-5,12H,6-10H2,1H3,(H,19,22)(H,20,24). The zero-order valence-corrected chi connectivity index (χ0v) is 13.5. The second-order valence-electron chi connectivity index (χ2n) is 6.49. The van der Waals surface area contributed by atoms with Gasteiger partial charge in [-0.25, -0.2) is 9.18 Å². The lowest BCUT2D eigenvalue weighted by Gasteiger charge is -2.20. The number of urea groups is 1. The van der Waals surface area contributed by atoms with E-state index in [4.69, 9.17) is 0 Å². The number of hydrogen-bond donors (Lipinski definition) is 2. The first-order chi connectivity index (χ1) is 11.4. The van der Waals surface area contributed by atoms with E-state index >= 15 is 0 Å². The number of nitrogens with zero attached hydrogens (tertiary/aromatic N) is 1. The minimum absolute atomic E-state index is 0.156. The van der Waals surface area contributed by atoms with E-state index in [1.807, 2.05) is 0 Å². The Balaban J connectivity index is 1.51. The maximum atomic E-state index is 13.5. The van der Waals surface area contributed by atoms with Gasteiger partial charge in [0.1, 0.15) is 17.9 Å². The first-order valence-corrected chi connectivity index (χ1v) is 8.06. The number of hydrogen-bond acceptors (Lipinski definition) is 3. The summed E-state index contributed by atoms with van der Waals surface area (Å²) in [5.74, 6) is -0.946. The zero-order chi connectivity index (χ0) is 17.3. The lowest BCUT2D eigenvalue weighted by molar-refractivity contribution is -0.135. The summed E-state index contributed by atoms with van der Waals surface area (Å²) >= 11 is 0. The third-order valence-electron chi connectivity index (χ3n) is 4.67. The lowest BCUT2D eigenvalue weighted by atomic mass is 9.96. The Kier molecular flexibility index (Phi) is 4.26. The van der Waals surface area contributed by atoms with Gasteiger partial charge in [0.25, 0.3) is 5.91 Å². The molecule has 1 heterocycles. The topological polar surface area (TPSA) is 78.5 Å². The Morgan fingerprint density at radius 1 is 1.38 bits per heavy atom. The fourth-order valence-electron chi connectivity index (χ4n) is 3.03. The number of nitrogens with one attached hydrogen (secondary N) is 2. The second kappa shape index (κ2) is 6.22. The molecule has 0 spiro atoms. The Hall–Kier alpha value is -2.44. The normalized spacial score (nSPS) is 23.3. The van der Waals surface area contributed by atoms with Gasteiger partial charge in [-0.15, -0.1) is 0 Å². The van der Waals surface area contributed by atoms with Crippen molar-refractivity contribution in [3.8, 4) is 0 Å². The van der Waals surface area contributed by atoms with Gasteiger partial charge in [-0.2, -0.15) is 0 Å². The summed E-state index contributed by atoms with van der Waals surface area (Å²) in [6.45, 7) is 1.63. The molecule has 1 aromatic carbocycles. The van der Waals surface area contributed by atoms with Crippen molar-refractivity contribution in [1.82, 2.24) is 15.5 Å². The smallest absolute Gasteiger partial charge is 0.325 e. The van der Waals surface area contributed by atoms with Crippen LogP contribution in [0.1, 0.15) is 25.3 Å². The van der Waals surface area contributed by atoms with Gasteiger partial charge >= 0.3 is 6.03 Å². The second-order valence-corrected chi connectivity index (χ2v) is 6.49. The first kappa shape index (κ1) is 16.4. The molecule has 1 atom stereocenters. The molecular formula is C17H20FN3O3. The number of halogens is 1. The predicted molar refractivity (Wildman–Crippen MR) is 84.5 cm³/mol. The molecule has 128 valence electrons. The van der Waals surface area contributed by atoms with Crippen molar-refractivity contribution in [2.45, 2.75) is 31.7 Å². The molecular weight excluding hydrogens is 313 g/mol. The summed E-state index contributed by atoms with van der Waals surface area (Å²) in [6, 6.07) is 5.82. The van der Waals surface area contributed by atoms with Gasteiger partial charge in [0.2, 0.25) is 5.91 Å². The van der Waals surface area contributed by atoms with Crippen LogP contribution < -0.4 is 10.6 Å². The van der Waals surface area contributed by atoms with E-state index in [-0.39, 0.29) is 30.7 Å². The maximum absolute atomic E-state index is 13.5. The molecule has 24 heavy (non-hydrogen) atoms. The number of benzene rings is 1. The van der Waals surface area contributed by atoms with Crippen molar-refractivity contribution in [2.24, 2.45) is 5.92 Å². The Labute approximate surface area is 139 Å². The average molecular weight is 333 g/mol. The Morgan fingerprint density at radius 3 is 2.75 bits per heavy atom. The fourth-order valence-corrected chi connectivity index (χ4v) is 3.03. The molecule has 4 amide bonds. The van der Waals surface area contributed by atoms with Crippen LogP contribution in [0.15, 0.2) is 24.3 Å². The van der Waals surface area contributed by atoms with Gasteiger partial charge < -0.3 is 10.6 Å². The quantitative estimate of drug-likeness (QED) is 0.768. The molecule has 2 fully saturated rings. The molecule has 2 aliphatic rings. The molecule has 0 radical (unpaired) electrons. The molecule has 7 heteroatoms. The summed E-state index contributed by atoms with van der Waals surface area (Å²) in [6.07, 6.45) is 2.16. The molecule has 0 aromatic heterocycles. The van der Waals surface area contributed by atoms with Crippen molar-refractivity contribution < 1.29 is 18.8 Å². The van der Waals surface area contributed by atoms with Crippen LogP contribution in [0.3, 0.4) is 0 Å². The first-order valence-electron chi connectivity index (χ1n) is 8.06. The molecule has 1 aromatic rings. The highest BCUT2D eigenvalue weighted by molar-refractivity contribution is 6.09. The largest absolute Gasteiger partial charge is 0.354 e. The molecule has 3 rings (SSSR count). The van der Waals surface area contributed by atoms with E-state index in [1.165, 1.54) is 6.07 Å². The van der Waals surface area contributed by atoms with Gasteiger partial charge in [-0.05, 0) is 43.7 Å². The van der Waals surface area contributed by atoms with Crippen molar-refractivity contribution in [1.29, 1.82) is 0 Å². The van der Waals surface area contributed by atoms with Crippen molar-refractivity contribution >= 4 is 17.8 Å². The van der Waals surface area contributed by atoms with E-state index in [1.54, 1.807) is 25.1 Å². The van der Waals surface area contributed by atoms with Crippen molar-refractivity contribution in [3.63, 3.8) is 0 Å². The van der Waals surface area contributed by atoms with Gasteiger partial charge in [0, 0.05) is 6.54 Å². The minimum Gasteiger partial charge on any atom is -0.354 e. The number of carbonyl (C=O) groups is 3. The molecule has 1 aliphatic carbocycles. The van der Waals surface area contributed by atoms with Crippen LogP contribution in [0.2, 0.25) is 0 Å². The van der Waals surface area contributed by atoms with Crippen LogP contribution in [0.5, 0.6) is 0 Å². The van der Waals surface area contributed by atoms with Crippen LogP contribution in [0, 0.1) is 11.7 Å². The number of carbonyl (C=O) groups excluding carboxylic acids is 3. The highest BCUT2D eigenvalue weighted by Gasteiger charge is 2.56. The van der Waals surface area contributed by atoms with Crippen LogP contribution in [-0.2, 0) is 16.0 Å². The lowest BCUT2D eigenvalue weighted by Crippen LogP contribution is -2.47. The van der Waals surface area contributed by atoms with E-state index in [0.29, 0.717) is 12.0 Å². The fraction of sp³-hybridized carbons (Fsp3) is 0.471. The molecule has 1 aliphatic heterocycles. The summed E-state index contributed by atoms with van der Waals surface area (Å²) in [5.41, 5.74) is -0.376. The predicted octanol–water partition coefficient (Wildman–Crippen LogP) is 1.20. The van der Waals surface area contributed by atoms with E-state index in [9.17, 15) is 18.8 Å². The molecule has 2 N–H and O–H groups in total. The van der Waals surface area contributed by atoms with Gasteiger partial charge in [-0.1, -0.05) is 18.2 Å². The zero-order valence-electron chi connectivity index (χ0n) is 13.5. The van der Waals surface area contributed by atoms with E-state index < -0.39 is 17.5 Å². The summed E-state index contributed by atoms with van der Waals surface area (Å²) < 4.78 is 13.5. The van der Waals surface area contributed by atoms with Crippen LogP contribution in [0.25, 0.3) is 0 Å². The third kappa shape index (κ3) is 3.11. The summed E-state index contributed by atoms with van der Waals surface area (Å²) in [4.78, 5) is 37.3. The van der Waals surface area contributed by atoms with Crippen LogP contribution >= 0.6 is 0 Å². The van der Waals surface area contributed by atoms with Gasteiger partial charge in [-0.3, -0.25) is 14.5 Å². The minimum atomic E-state index is -0.884. The van der Waals surface area contributed by atoms with Gasteiger partial charge in [0.15, 0.2) is 0 Å². The molecule has 6 nitrogen and oxygen atoms in total. The van der Waals surface area contributed by atoms with Crippen LogP contribution in [-0.4, -0.2) is 41.4 Å². The number of imide groups is 1. The molecule has 1 saturated carbocycles. The highest BCUT2D eigenvalue weighted by atomic mass is 19.1. The third-order valence-corrected chi connectivity index (χ3v) is 4.67. The molecule has 1 unspecified atom stereocenters.